The SMILES string of the molecule is C=C1N[C@H]2CSC(CCCCC(=O)NCCCOCCOCCOCCCNC(=O)C(CCC(=O)C(C)C)NC(=O)c3ccc(C4(C(F)(F)F)N=N4)cc3)[C@H]2N1. The maximum atomic E-state index is 13.3. The van der Waals surface area contributed by atoms with Crippen LogP contribution in [0.4, 0.5) is 13.2 Å². The minimum Gasteiger partial charge on any atom is -0.379 e. The lowest BCUT2D eigenvalue weighted by atomic mass is 9.99. The summed E-state index contributed by atoms with van der Waals surface area (Å²) in [7, 11) is 0. The average molecular weight is 812 g/mol. The molecule has 1 aromatic carbocycles. The zero-order chi connectivity index (χ0) is 40.6. The van der Waals surface area contributed by atoms with Gasteiger partial charge in [-0.25, -0.2) is 0 Å². The predicted octanol–water partition coefficient (Wildman–Crippen LogP) is 4.11. The van der Waals surface area contributed by atoms with E-state index in [2.05, 4.69) is 43.4 Å². The number of amides is 3. The highest BCUT2D eigenvalue weighted by Crippen LogP contribution is 2.52. The van der Waals surface area contributed by atoms with Gasteiger partial charge in [0.2, 0.25) is 11.8 Å². The van der Waals surface area contributed by atoms with Crippen LogP contribution in [0, 0.1) is 5.92 Å². The van der Waals surface area contributed by atoms with Crippen molar-refractivity contribution in [3.63, 3.8) is 0 Å². The minimum atomic E-state index is -4.69. The molecule has 312 valence electrons. The molecule has 4 atom stereocenters. The fourth-order valence-corrected chi connectivity index (χ4v) is 7.85. The zero-order valence-electron chi connectivity index (χ0n) is 32.2. The van der Waals surface area contributed by atoms with E-state index in [-0.39, 0.29) is 48.1 Å². The van der Waals surface area contributed by atoms with Crippen LogP contribution in [0.2, 0.25) is 0 Å². The first-order chi connectivity index (χ1) is 26.8. The molecule has 0 saturated carbocycles. The number of carbonyl (C=O) groups excluding carboxylic acids is 4. The molecule has 14 nitrogen and oxygen atoms in total. The number of rotatable bonds is 27. The monoisotopic (exact) mass is 811 g/mol. The Morgan fingerprint density at radius 1 is 0.893 bits per heavy atom. The summed E-state index contributed by atoms with van der Waals surface area (Å²) in [5, 5.41) is 22.0. The molecule has 3 heterocycles. The van der Waals surface area contributed by atoms with Crippen molar-refractivity contribution >= 4 is 35.3 Å². The minimum absolute atomic E-state index is 0.0450. The standard InChI is InChI=1S/C38H56F3N7O7S/c1-25(2)31(49)15-14-29(46-35(51)27-10-12-28(13-11-27)37(47-48-37)38(39,40)41)36(52)43-17-7-19-54-21-23-55-22-20-53-18-6-16-42-33(50)9-5-4-8-32-34-30(24-56-32)44-26(3)45-34/h10-13,25,29-30,32,34,44-45H,3-9,14-24H2,1-2H3,(H,42,50)(H,43,52)(H,46,51)/t29?,30-,32?,34-/m0/s1. The van der Waals surface area contributed by atoms with Crippen molar-refractivity contribution in [1.82, 2.24) is 26.6 Å². The van der Waals surface area contributed by atoms with Crippen LogP contribution in [0.3, 0.4) is 0 Å². The van der Waals surface area contributed by atoms with Gasteiger partial charge in [-0.15, -0.1) is 10.2 Å². The number of nitrogens with zero attached hydrogens (tertiary/aromatic N) is 2. The third-order valence-electron chi connectivity index (χ3n) is 9.65. The molecule has 0 radical (unpaired) electrons. The van der Waals surface area contributed by atoms with Crippen LogP contribution in [0.15, 0.2) is 46.9 Å². The molecule has 5 N–H and O–H groups in total. The molecule has 3 aliphatic heterocycles. The molecule has 0 aromatic heterocycles. The molecule has 56 heavy (non-hydrogen) atoms. The van der Waals surface area contributed by atoms with E-state index < -0.39 is 29.7 Å². The van der Waals surface area contributed by atoms with E-state index in [4.69, 9.17) is 14.2 Å². The summed E-state index contributed by atoms with van der Waals surface area (Å²) in [6.07, 6.45) is 0.176. The van der Waals surface area contributed by atoms with Gasteiger partial charge in [0.25, 0.3) is 5.91 Å². The number of unbranched alkanes of at least 4 members (excludes halogenated alkanes) is 1. The molecule has 0 aliphatic carbocycles. The Bertz CT molecular complexity index is 1490. The molecular weight excluding hydrogens is 756 g/mol. The van der Waals surface area contributed by atoms with Gasteiger partial charge in [0.1, 0.15) is 11.8 Å². The van der Waals surface area contributed by atoms with Crippen molar-refractivity contribution in [2.24, 2.45) is 16.1 Å². The third-order valence-corrected chi connectivity index (χ3v) is 11.2. The van der Waals surface area contributed by atoms with Gasteiger partial charge >= 0.3 is 11.8 Å². The van der Waals surface area contributed by atoms with E-state index in [9.17, 15) is 32.3 Å². The Morgan fingerprint density at radius 3 is 2.12 bits per heavy atom. The number of fused-ring (bicyclic) bond motifs is 1. The van der Waals surface area contributed by atoms with Crippen LogP contribution < -0.4 is 26.6 Å². The molecule has 3 aliphatic rings. The van der Waals surface area contributed by atoms with E-state index in [0.29, 0.717) is 76.4 Å². The van der Waals surface area contributed by atoms with E-state index in [0.717, 1.165) is 49.4 Å². The first kappa shape index (κ1) is 45.0. The second kappa shape index (κ2) is 22.3. The maximum Gasteiger partial charge on any atom is 0.442 e. The molecule has 1 aromatic rings. The number of alkyl halides is 3. The molecular formula is C38H56F3N7O7S. The van der Waals surface area contributed by atoms with E-state index in [1.54, 1.807) is 13.8 Å². The summed E-state index contributed by atoms with van der Waals surface area (Å²) in [5.74, 6) is 0.612. The number of ether oxygens (including phenoxy) is 3. The lowest BCUT2D eigenvalue weighted by molar-refractivity contribution is -0.166. The second-order valence-corrected chi connectivity index (χ2v) is 15.6. The van der Waals surface area contributed by atoms with Gasteiger partial charge in [0, 0.05) is 67.2 Å². The van der Waals surface area contributed by atoms with Crippen molar-refractivity contribution in [3.8, 4) is 0 Å². The van der Waals surface area contributed by atoms with E-state index >= 15 is 0 Å². The van der Waals surface area contributed by atoms with Crippen LogP contribution in [-0.2, 0) is 34.3 Å². The van der Waals surface area contributed by atoms with Crippen LogP contribution in [0.25, 0.3) is 0 Å². The summed E-state index contributed by atoms with van der Waals surface area (Å²) < 4.78 is 56.6. The van der Waals surface area contributed by atoms with E-state index in [1.165, 1.54) is 12.1 Å². The third kappa shape index (κ3) is 14.0. The number of hydrogen-bond acceptors (Lipinski definition) is 12. The summed E-state index contributed by atoms with van der Waals surface area (Å²) in [6.45, 7) is 10.7. The molecule has 2 saturated heterocycles. The van der Waals surface area contributed by atoms with Crippen LogP contribution in [0.5, 0.6) is 0 Å². The van der Waals surface area contributed by atoms with Crippen molar-refractivity contribution in [2.45, 2.75) is 100 Å². The molecule has 18 heteroatoms. The van der Waals surface area contributed by atoms with Crippen LogP contribution in [-0.4, -0.2) is 112 Å². The van der Waals surface area contributed by atoms with Crippen LogP contribution >= 0.6 is 11.8 Å². The Morgan fingerprint density at radius 2 is 1.52 bits per heavy atom. The van der Waals surface area contributed by atoms with Crippen molar-refractivity contribution in [1.29, 1.82) is 0 Å². The topological polar surface area (TPSA) is 181 Å². The van der Waals surface area contributed by atoms with Crippen LogP contribution in [0.1, 0.15) is 81.1 Å². The van der Waals surface area contributed by atoms with Gasteiger partial charge in [-0.05, 0) is 44.2 Å². The number of carbonyl (C=O) groups is 4. The number of hydrogen-bond donors (Lipinski definition) is 5. The Balaban J connectivity index is 0.979. The summed E-state index contributed by atoms with van der Waals surface area (Å²) in [6, 6.07) is 4.56. The highest BCUT2D eigenvalue weighted by Gasteiger charge is 2.65. The number of nitrogens with one attached hydrogen (secondary N) is 5. The largest absolute Gasteiger partial charge is 0.442 e. The summed E-state index contributed by atoms with van der Waals surface area (Å²) in [5.41, 5.74) is -2.77. The lowest BCUT2D eigenvalue weighted by Crippen LogP contribution is -2.47. The Labute approximate surface area is 330 Å². The van der Waals surface area contributed by atoms with Gasteiger partial charge < -0.3 is 40.8 Å². The Hall–Kier alpha value is -3.74. The second-order valence-electron chi connectivity index (χ2n) is 14.3. The van der Waals surface area contributed by atoms with Crippen molar-refractivity contribution in [2.75, 3.05) is 58.5 Å². The van der Waals surface area contributed by atoms with Gasteiger partial charge in [-0.3, -0.25) is 19.2 Å². The van der Waals surface area contributed by atoms with Gasteiger partial charge in [-0.1, -0.05) is 39.0 Å². The lowest BCUT2D eigenvalue weighted by Gasteiger charge is -2.19. The highest BCUT2D eigenvalue weighted by atomic mass is 32.2. The first-order valence-electron chi connectivity index (χ1n) is 19.4. The highest BCUT2D eigenvalue weighted by molar-refractivity contribution is 8.00. The zero-order valence-corrected chi connectivity index (χ0v) is 33.0. The number of thioether (sulfide) groups is 1. The molecule has 3 amide bonds. The van der Waals surface area contributed by atoms with Crippen molar-refractivity contribution in [3.05, 3.63) is 47.8 Å². The number of halogens is 3. The van der Waals surface area contributed by atoms with E-state index in [1.807, 2.05) is 11.8 Å². The molecule has 2 unspecified atom stereocenters. The quantitative estimate of drug-likeness (QED) is 0.0812. The summed E-state index contributed by atoms with van der Waals surface area (Å²) in [4.78, 5) is 50.3. The van der Waals surface area contributed by atoms with Crippen molar-refractivity contribution < 1.29 is 46.6 Å². The average Bonchev–Trinajstić information content (AvgIpc) is 3.80. The Kier molecular flexibility index (Phi) is 17.9. The van der Waals surface area contributed by atoms with Gasteiger partial charge in [0.15, 0.2) is 0 Å². The predicted molar refractivity (Wildman–Crippen MR) is 205 cm³/mol. The first-order valence-corrected chi connectivity index (χ1v) is 20.4. The molecule has 2 fully saturated rings. The molecule has 4 rings (SSSR count). The molecule has 0 spiro atoms. The van der Waals surface area contributed by atoms with Gasteiger partial charge in [-0.2, -0.15) is 24.9 Å². The smallest absolute Gasteiger partial charge is 0.379 e. The summed E-state index contributed by atoms with van der Waals surface area (Å²) >= 11 is 1.99. The number of Topliss-reactive ketones (excluding diaryl/α,β-unsaturated/α-hetero) is 1. The molecule has 0 bridgehead atoms. The fourth-order valence-electron chi connectivity index (χ4n) is 6.30. The maximum absolute atomic E-state index is 13.3. The fraction of sp³-hybridized carbons (Fsp3) is 0.684. The van der Waals surface area contributed by atoms with Gasteiger partial charge in [0.05, 0.1) is 44.3 Å². The normalized spacial score (nSPS) is 19.9. The number of ketones is 1. The number of benzene rings is 1.